The van der Waals surface area contributed by atoms with Crippen LogP contribution in [-0.2, 0) is 16.1 Å². The van der Waals surface area contributed by atoms with Gasteiger partial charge in [-0.15, -0.1) is 16.8 Å². The summed E-state index contributed by atoms with van der Waals surface area (Å²) in [6, 6.07) is 8.02. The molecular formula is C25H31N5O4S2. The highest BCUT2D eigenvalue weighted by Gasteiger charge is 2.21. The van der Waals surface area contributed by atoms with Crippen molar-refractivity contribution in [2.75, 3.05) is 17.7 Å². The highest BCUT2D eigenvalue weighted by Crippen LogP contribution is 2.27. The van der Waals surface area contributed by atoms with Gasteiger partial charge in [-0.05, 0) is 44.4 Å². The van der Waals surface area contributed by atoms with Crippen molar-refractivity contribution in [3.8, 4) is 5.75 Å². The molecule has 1 amide bonds. The molecule has 0 saturated carbocycles. The van der Waals surface area contributed by atoms with Crippen LogP contribution in [0.3, 0.4) is 0 Å². The van der Waals surface area contributed by atoms with Crippen molar-refractivity contribution in [3.63, 3.8) is 0 Å². The second-order valence-electron chi connectivity index (χ2n) is 8.21. The molecule has 11 heteroatoms. The maximum absolute atomic E-state index is 12.5. The summed E-state index contributed by atoms with van der Waals surface area (Å²) in [5, 5.41) is 12.2. The third-order valence-corrected chi connectivity index (χ3v) is 7.14. The Hall–Kier alpha value is -3.18. The molecule has 192 valence electrons. The van der Waals surface area contributed by atoms with E-state index < -0.39 is 5.97 Å². The van der Waals surface area contributed by atoms with Gasteiger partial charge >= 0.3 is 5.97 Å². The van der Waals surface area contributed by atoms with Gasteiger partial charge < -0.3 is 14.8 Å². The number of carbonyl (C=O) groups is 2. The Bertz CT molecular complexity index is 1200. The molecule has 9 nitrogen and oxygen atoms in total. The molecule has 0 saturated heterocycles. The second kappa shape index (κ2) is 12.7. The lowest BCUT2D eigenvalue weighted by atomic mass is 10.0. The molecule has 1 aromatic carbocycles. The highest BCUT2D eigenvalue weighted by molar-refractivity contribution is 7.99. The number of ether oxygens (including phenoxy) is 2. The summed E-state index contributed by atoms with van der Waals surface area (Å²) in [4.78, 5) is 29.2. The normalized spacial score (nSPS) is 11.8. The van der Waals surface area contributed by atoms with Crippen molar-refractivity contribution >= 4 is 40.1 Å². The number of amides is 1. The van der Waals surface area contributed by atoms with Crippen LogP contribution in [-0.4, -0.2) is 44.0 Å². The Morgan fingerprint density at radius 1 is 1.22 bits per heavy atom. The van der Waals surface area contributed by atoms with E-state index in [1.807, 2.05) is 23.6 Å². The number of hydrogen-bond donors (Lipinski definition) is 1. The van der Waals surface area contributed by atoms with Crippen LogP contribution in [0.15, 0.2) is 42.1 Å². The van der Waals surface area contributed by atoms with Gasteiger partial charge in [0, 0.05) is 6.54 Å². The number of nitrogens with zero attached hydrogens (tertiary/aromatic N) is 4. The summed E-state index contributed by atoms with van der Waals surface area (Å²) >= 11 is 2.34. The van der Waals surface area contributed by atoms with Crippen LogP contribution in [0.25, 0.3) is 0 Å². The molecule has 1 N–H and O–H groups in total. The fourth-order valence-corrected chi connectivity index (χ4v) is 4.95. The van der Waals surface area contributed by atoms with Crippen LogP contribution in [0.5, 0.6) is 5.75 Å². The number of thioether (sulfide) groups is 1. The van der Waals surface area contributed by atoms with E-state index in [9.17, 15) is 9.59 Å². The molecule has 3 aromatic rings. The van der Waals surface area contributed by atoms with Crippen LogP contribution in [0.2, 0.25) is 0 Å². The van der Waals surface area contributed by atoms with E-state index in [1.54, 1.807) is 19.9 Å². The second-order valence-corrected chi connectivity index (χ2v) is 10.2. The minimum absolute atomic E-state index is 0.0918. The summed E-state index contributed by atoms with van der Waals surface area (Å²) in [5.74, 6) is 1.21. The number of nitrogens with one attached hydrogen (secondary N) is 1. The molecule has 3 rings (SSSR count). The molecular weight excluding hydrogens is 498 g/mol. The number of aromatic nitrogens is 4. The molecule has 0 spiro atoms. The minimum atomic E-state index is -0.445. The van der Waals surface area contributed by atoms with Gasteiger partial charge in [-0.3, -0.25) is 9.36 Å². The largest absolute Gasteiger partial charge is 0.483 e. The van der Waals surface area contributed by atoms with Crippen molar-refractivity contribution in [2.45, 2.75) is 58.3 Å². The van der Waals surface area contributed by atoms with Crippen molar-refractivity contribution in [3.05, 3.63) is 58.9 Å². The van der Waals surface area contributed by atoms with Gasteiger partial charge in [-0.1, -0.05) is 55.2 Å². The summed E-state index contributed by atoms with van der Waals surface area (Å²) in [5.41, 5.74) is 1.76. The zero-order valence-corrected chi connectivity index (χ0v) is 22.7. The van der Waals surface area contributed by atoms with Gasteiger partial charge in [-0.25, -0.2) is 9.78 Å². The van der Waals surface area contributed by atoms with Gasteiger partial charge in [0.25, 0.3) is 0 Å². The standard InChI is InChI=1S/C25H31N5O4S2/c1-7-13-30-22(17(6)34-19-11-9-18(10-12-19)15(3)4)28-29-25(30)35-14-20(31)27-24-26-16(5)21(36-24)23(32)33-8-2/h7,9-12,15,17H,1,8,13-14H2,2-6H3,(H,26,27,31). The Morgan fingerprint density at radius 3 is 2.58 bits per heavy atom. The number of carbonyl (C=O) groups excluding carboxylic acids is 2. The molecule has 1 unspecified atom stereocenters. The molecule has 0 bridgehead atoms. The van der Waals surface area contributed by atoms with Crippen LogP contribution >= 0.6 is 23.1 Å². The molecule has 0 aliphatic heterocycles. The Morgan fingerprint density at radius 2 is 1.94 bits per heavy atom. The number of rotatable bonds is 12. The third kappa shape index (κ3) is 6.94. The monoisotopic (exact) mass is 529 g/mol. The lowest BCUT2D eigenvalue weighted by molar-refractivity contribution is -0.113. The van der Waals surface area contributed by atoms with Crippen molar-refractivity contribution < 1.29 is 19.1 Å². The van der Waals surface area contributed by atoms with E-state index in [1.165, 1.54) is 17.3 Å². The van der Waals surface area contributed by atoms with E-state index in [-0.39, 0.29) is 24.4 Å². The van der Waals surface area contributed by atoms with Gasteiger partial charge in [0.15, 0.2) is 22.2 Å². The zero-order chi connectivity index (χ0) is 26.2. The number of allylic oxidation sites excluding steroid dienone is 1. The van der Waals surface area contributed by atoms with Gasteiger partial charge in [0.1, 0.15) is 10.6 Å². The van der Waals surface area contributed by atoms with Gasteiger partial charge in [0.2, 0.25) is 5.91 Å². The van der Waals surface area contributed by atoms with Gasteiger partial charge in [-0.2, -0.15) is 0 Å². The van der Waals surface area contributed by atoms with Gasteiger partial charge in [0.05, 0.1) is 18.1 Å². The molecule has 2 heterocycles. The van der Waals surface area contributed by atoms with Crippen LogP contribution < -0.4 is 10.1 Å². The average Bonchev–Trinajstić information content (AvgIpc) is 3.41. The van der Waals surface area contributed by atoms with E-state index in [0.29, 0.717) is 39.1 Å². The zero-order valence-electron chi connectivity index (χ0n) is 21.1. The van der Waals surface area contributed by atoms with E-state index >= 15 is 0 Å². The van der Waals surface area contributed by atoms with E-state index in [0.717, 1.165) is 17.1 Å². The van der Waals surface area contributed by atoms with Crippen molar-refractivity contribution in [1.29, 1.82) is 0 Å². The van der Waals surface area contributed by atoms with Crippen LogP contribution in [0.4, 0.5) is 5.13 Å². The first-order valence-electron chi connectivity index (χ1n) is 11.6. The smallest absolute Gasteiger partial charge is 0.350 e. The molecule has 36 heavy (non-hydrogen) atoms. The molecule has 0 fully saturated rings. The fraction of sp³-hybridized carbons (Fsp3) is 0.400. The number of anilines is 1. The first-order chi connectivity index (χ1) is 17.2. The fourth-order valence-electron chi connectivity index (χ4n) is 3.32. The van der Waals surface area contributed by atoms with Crippen LogP contribution in [0.1, 0.15) is 66.5 Å². The quantitative estimate of drug-likeness (QED) is 0.189. The Balaban J connectivity index is 1.64. The van der Waals surface area contributed by atoms with Crippen LogP contribution in [0, 0.1) is 6.92 Å². The summed E-state index contributed by atoms with van der Waals surface area (Å²) < 4.78 is 13.0. The SMILES string of the molecule is C=CCn1c(SCC(=O)Nc2nc(C)c(C(=O)OCC)s2)nnc1C(C)Oc1ccc(C(C)C)cc1. The lowest BCUT2D eigenvalue weighted by Crippen LogP contribution is -2.15. The molecule has 0 aliphatic carbocycles. The first-order valence-corrected chi connectivity index (χ1v) is 13.4. The predicted octanol–water partition coefficient (Wildman–Crippen LogP) is 5.40. The van der Waals surface area contributed by atoms with Crippen molar-refractivity contribution in [1.82, 2.24) is 19.7 Å². The minimum Gasteiger partial charge on any atom is -0.483 e. The number of thiazole rings is 1. The first kappa shape index (κ1) is 27.4. The molecule has 1 atom stereocenters. The topological polar surface area (TPSA) is 108 Å². The molecule has 0 radical (unpaired) electrons. The highest BCUT2D eigenvalue weighted by atomic mass is 32.2. The third-order valence-electron chi connectivity index (χ3n) is 5.12. The maximum Gasteiger partial charge on any atom is 0.350 e. The van der Waals surface area contributed by atoms with E-state index in [2.05, 4.69) is 53.1 Å². The average molecular weight is 530 g/mol. The summed E-state index contributed by atoms with van der Waals surface area (Å²) in [6.07, 6.45) is 1.39. The summed E-state index contributed by atoms with van der Waals surface area (Å²) in [6.45, 7) is 14.2. The molecule has 2 aromatic heterocycles. The summed E-state index contributed by atoms with van der Waals surface area (Å²) in [7, 11) is 0. The predicted molar refractivity (Wildman–Crippen MR) is 142 cm³/mol. The van der Waals surface area contributed by atoms with E-state index in [4.69, 9.17) is 9.47 Å². The Kier molecular flexibility index (Phi) is 9.65. The maximum atomic E-state index is 12.5. The molecule has 0 aliphatic rings. The number of aryl methyl sites for hydroxylation is 1. The number of esters is 1. The Labute approximate surface area is 219 Å². The lowest BCUT2D eigenvalue weighted by Gasteiger charge is -2.16. The number of benzene rings is 1. The van der Waals surface area contributed by atoms with Crippen molar-refractivity contribution in [2.24, 2.45) is 0 Å². The number of hydrogen-bond acceptors (Lipinski definition) is 9.